The van der Waals surface area contributed by atoms with Crippen LogP contribution in [0.2, 0.25) is 0 Å². The van der Waals surface area contributed by atoms with Crippen LogP contribution in [0.1, 0.15) is 5.69 Å². The van der Waals surface area contributed by atoms with E-state index in [2.05, 4.69) is 20.2 Å². The summed E-state index contributed by atoms with van der Waals surface area (Å²) in [6.45, 7) is 1.92. The van der Waals surface area contributed by atoms with Crippen molar-refractivity contribution in [3.8, 4) is 0 Å². The van der Waals surface area contributed by atoms with Gasteiger partial charge in [-0.25, -0.2) is 9.97 Å². The van der Waals surface area contributed by atoms with E-state index in [1.807, 2.05) is 6.92 Å². The van der Waals surface area contributed by atoms with E-state index in [1.54, 1.807) is 6.20 Å². The van der Waals surface area contributed by atoms with Crippen molar-refractivity contribution in [2.75, 3.05) is 0 Å². The monoisotopic (exact) mass is 134 g/mol. The van der Waals surface area contributed by atoms with Crippen molar-refractivity contribution < 1.29 is 0 Å². The molecule has 4 nitrogen and oxygen atoms in total. The summed E-state index contributed by atoms with van der Waals surface area (Å²) in [4.78, 5) is 7.99. The Hall–Kier alpha value is -1.45. The number of fused-ring (bicyclic) bond motifs is 1. The van der Waals surface area contributed by atoms with E-state index in [9.17, 15) is 0 Å². The number of hydrogen-bond acceptors (Lipinski definition) is 3. The fourth-order valence-electron chi connectivity index (χ4n) is 0.886. The Bertz CT molecular complexity index is 351. The van der Waals surface area contributed by atoms with Gasteiger partial charge in [0.1, 0.15) is 17.4 Å². The van der Waals surface area contributed by atoms with Crippen molar-refractivity contribution in [3.05, 3.63) is 18.2 Å². The first kappa shape index (κ1) is 5.34. The molecule has 4 heteroatoms. The van der Waals surface area contributed by atoms with Crippen LogP contribution < -0.4 is 0 Å². The quantitative estimate of drug-likeness (QED) is 0.575. The molecule has 1 N–H and O–H groups in total. The highest BCUT2D eigenvalue weighted by atomic mass is 15.1. The molecule has 0 unspecified atom stereocenters. The molecule has 0 saturated heterocycles. The number of nitrogens with one attached hydrogen (secondary N) is 1. The van der Waals surface area contributed by atoms with Crippen LogP contribution in [-0.2, 0) is 0 Å². The topological polar surface area (TPSA) is 54.5 Å². The molecule has 0 fully saturated rings. The van der Waals surface area contributed by atoms with Gasteiger partial charge in [-0.3, -0.25) is 5.10 Å². The number of hydrogen-bond donors (Lipinski definition) is 1. The minimum atomic E-state index is 0.868. The molecule has 2 aromatic heterocycles. The number of H-pyrrole nitrogens is 1. The Balaban J connectivity index is 2.95. The van der Waals surface area contributed by atoms with E-state index in [4.69, 9.17) is 0 Å². The number of aromatic nitrogens is 4. The summed E-state index contributed by atoms with van der Waals surface area (Å²) in [7, 11) is 0. The van der Waals surface area contributed by atoms with Crippen molar-refractivity contribution >= 4 is 11.0 Å². The van der Waals surface area contributed by atoms with Gasteiger partial charge in [0, 0.05) is 0 Å². The molecule has 2 aromatic rings. The van der Waals surface area contributed by atoms with Gasteiger partial charge < -0.3 is 0 Å². The Kier molecular flexibility index (Phi) is 0.943. The van der Waals surface area contributed by atoms with Crippen molar-refractivity contribution in [2.45, 2.75) is 6.92 Å². The minimum absolute atomic E-state index is 0.868. The average Bonchev–Trinajstić information content (AvgIpc) is 2.36. The summed E-state index contributed by atoms with van der Waals surface area (Å²) in [6.07, 6.45) is 3.22. The molecule has 50 valence electrons. The van der Waals surface area contributed by atoms with Crippen LogP contribution in [0, 0.1) is 6.92 Å². The maximum Gasteiger partial charge on any atom is 0.116 e. The van der Waals surface area contributed by atoms with E-state index in [0.29, 0.717) is 0 Å². The Morgan fingerprint density at radius 2 is 2.30 bits per heavy atom. The van der Waals surface area contributed by atoms with Gasteiger partial charge in [0.25, 0.3) is 0 Å². The van der Waals surface area contributed by atoms with Crippen molar-refractivity contribution in [2.24, 2.45) is 0 Å². The molecule has 2 heterocycles. The molecule has 0 radical (unpaired) electrons. The number of aryl methyl sites for hydroxylation is 1. The van der Waals surface area contributed by atoms with E-state index in [0.717, 1.165) is 16.7 Å². The van der Waals surface area contributed by atoms with Crippen molar-refractivity contribution in [3.63, 3.8) is 0 Å². The first-order chi connectivity index (χ1) is 4.88. The molecular weight excluding hydrogens is 128 g/mol. The smallest absolute Gasteiger partial charge is 0.116 e. The Labute approximate surface area is 57.3 Å². The molecule has 0 aromatic carbocycles. The summed E-state index contributed by atoms with van der Waals surface area (Å²) in [5.74, 6) is 0. The minimum Gasteiger partial charge on any atom is -0.274 e. The van der Waals surface area contributed by atoms with Crippen LogP contribution in [0.25, 0.3) is 11.0 Å². The third-order valence-corrected chi connectivity index (χ3v) is 1.43. The highest BCUT2D eigenvalue weighted by molar-refractivity contribution is 5.74. The van der Waals surface area contributed by atoms with Gasteiger partial charge in [0.15, 0.2) is 0 Å². The van der Waals surface area contributed by atoms with Crippen LogP contribution in [-0.4, -0.2) is 20.2 Å². The van der Waals surface area contributed by atoms with E-state index in [1.165, 1.54) is 6.33 Å². The summed E-state index contributed by atoms with van der Waals surface area (Å²) in [5.41, 5.74) is 2.72. The second kappa shape index (κ2) is 1.76. The standard InChI is InChI=1S/C6H6N4/c1-4-6-5(2-9-10-6)8-3-7-4/h2-3H,1H3,(H,9,10). The largest absolute Gasteiger partial charge is 0.274 e. The second-order valence-corrected chi connectivity index (χ2v) is 2.09. The van der Waals surface area contributed by atoms with Crippen LogP contribution in [0.4, 0.5) is 0 Å². The number of aromatic amines is 1. The predicted molar refractivity (Wildman–Crippen MR) is 36.4 cm³/mol. The lowest BCUT2D eigenvalue weighted by Crippen LogP contribution is -1.83. The molecule has 0 saturated carbocycles. The van der Waals surface area contributed by atoms with Crippen LogP contribution in [0.5, 0.6) is 0 Å². The molecule has 0 aliphatic heterocycles. The lowest BCUT2D eigenvalue weighted by atomic mass is 10.4. The normalized spacial score (nSPS) is 10.5. The highest BCUT2D eigenvalue weighted by Crippen LogP contribution is 2.07. The van der Waals surface area contributed by atoms with E-state index >= 15 is 0 Å². The Morgan fingerprint density at radius 3 is 3.10 bits per heavy atom. The summed E-state index contributed by atoms with van der Waals surface area (Å²) in [5, 5.41) is 6.65. The SMILES string of the molecule is Cc1ncnc2cn[nH]c12. The molecule has 0 bridgehead atoms. The second-order valence-electron chi connectivity index (χ2n) is 2.09. The van der Waals surface area contributed by atoms with Gasteiger partial charge in [-0.2, -0.15) is 5.10 Å². The predicted octanol–water partition coefficient (Wildman–Crippen LogP) is 0.661. The third kappa shape index (κ3) is 0.586. The molecule has 0 amide bonds. The van der Waals surface area contributed by atoms with Crippen LogP contribution in [0.3, 0.4) is 0 Å². The lowest BCUT2D eigenvalue weighted by molar-refractivity contribution is 1.09. The molecule has 0 aliphatic rings. The van der Waals surface area contributed by atoms with Crippen molar-refractivity contribution in [1.82, 2.24) is 20.2 Å². The van der Waals surface area contributed by atoms with Gasteiger partial charge in [0.05, 0.1) is 11.9 Å². The molecular formula is C6H6N4. The van der Waals surface area contributed by atoms with Gasteiger partial charge in [0.2, 0.25) is 0 Å². The maximum atomic E-state index is 4.00. The maximum absolute atomic E-state index is 4.00. The number of rotatable bonds is 0. The third-order valence-electron chi connectivity index (χ3n) is 1.43. The van der Waals surface area contributed by atoms with Crippen LogP contribution >= 0.6 is 0 Å². The van der Waals surface area contributed by atoms with Gasteiger partial charge in [-0.1, -0.05) is 0 Å². The van der Waals surface area contributed by atoms with Gasteiger partial charge in [-0.05, 0) is 6.92 Å². The molecule has 2 rings (SSSR count). The fraction of sp³-hybridized carbons (Fsp3) is 0.167. The Morgan fingerprint density at radius 1 is 1.40 bits per heavy atom. The highest BCUT2D eigenvalue weighted by Gasteiger charge is 1.97. The zero-order valence-electron chi connectivity index (χ0n) is 5.50. The average molecular weight is 134 g/mol. The molecule has 10 heavy (non-hydrogen) atoms. The zero-order valence-corrected chi connectivity index (χ0v) is 5.50. The first-order valence-corrected chi connectivity index (χ1v) is 2.98. The number of nitrogens with zero attached hydrogens (tertiary/aromatic N) is 3. The van der Waals surface area contributed by atoms with Crippen molar-refractivity contribution in [1.29, 1.82) is 0 Å². The summed E-state index contributed by atoms with van der Waals surface area (Å²) < 4.78 is 0. The van der Waals surface area contributed by atoms with Gasteiger partial charge in [-0.15, -0.1) is 0 Å². The molecule has 0 atom stereocenters. The summed E-state index contributed by atoms with van der Waals surface area (Å²) in [6, 6.07) is 0. The molecule has 0 aliphatic carbocycles. The summed E-state index contributed by atoms with van der Waals surface area (Å²) >= 11 is 0. The van der Waals surface area contributed by atoms with Crippen LogP contribution in [0.15, 0.2) is 12.5 Å². The lowest BCUT2D eigenvalue weighted by Gasteiger charge is -1.89. The first-order valence-electron chi connectivity index (χ1n) is 2.98. The van der Waals surface area contributed by atoms with Gasteiger partial charge >= 0.3 is 0 Å². The fourth-order valence-corrected chi connectivity index (χ4v) is 0.886. The zero-order chi connectivity index (χ0) is 6.97. The van der Waals surface area contributed by atoms with E-state index in [-0.39, 0.29) is 0 Å². The molecule has 0 spiro atoms. The van der Waals surface area contributed by atoms with E-state index < -0.39 is 0 Å².